The monoisotopic (exact) mass is 292 g/mol. The van der Waals surface area contributed by atoms with Crippen molar-refractivity contribution in [3.63, 3.8) is 0 Å². The van der Waals surface area contributed by atoms with Crippen molar-refractivity contribution >= 4 is 11.6 Å². The molecule has 0 aliphatic heterocycles. The molecule has 114 valence electrons. The second-order valence-electron chi connectivity index (χ2n) is 5.52. The van der Waals surface area contributed by atoms with E-state index in [4.69, 9.17) is 11.5 Å². The van der Waals surface area contributed by atoms with Crippen LogP contribution in [-0.4, -0.2) is 35.4 Å². The van der Waals surface area contributed by atoms with E-state index < -0.39 is 10.8 Å². The van der Waals surface area contributed by atoms with Crippen LogP contribution < -0.4 is 11.5 Å². The van der Waals surface area contributed by atoms with Crippen LogP contribution in [0.3, 0.4) is 0 Å². The molecule has 1 unspecified atom stereocenters. The first-order chi connectivity index (χ1) is 9.93. The van der Waals surface area contributed by atoms with Crippen molar-refractivity contribution < 1.29 is 9.72 Å². The highest BCUT2D eigenvalue weighted by Gasteiger charge is 2.33. The number of nitro groups is 1. The lowest BCUT2D eigenvalue weighted by Gasteiger charge is -2.26. The molecule has 0 spiro atoms. The number of hydrogen-bond donors (Lipinski definition) is 2. The van der Waals surface area contributed by atoms with Crippen molar-refractivity contribution in [2.45, 2.75) is 25.4 Å². The number of benzene rings is 1. The smallest absolute Gasteiger partial charge is 0.274 e. The summed E-state index contributed by atoms with van der Waals surface area (Å²) in [4.78, 5) is 23.9. The molecule has 2 rings (SSSR count). The molecule has 1 aromatic carbocycles. The second-order valence-corrected chi connectivity index (χ2v) is 5.52. The molecule has 1 aliphatic carbocycles. The number of carbonyl (C=O) groups is 1. The van der Waals surface area contributed by atoms with Crippen LogP contribution in [0.1, 0.15) is 28.8 Å². The Kier molecular flexibility index (Phi) is 4.54. The van der Waals surface area contributed by atoms with Gasteiger partial charge in [0.25, 0.3) is 5.69 Å². The molecule has 0 aromatic heterocycles. The highest BCUT2D eigenvalue weighted by atomic mass is 16.6. The molecule has 0 heterocycles. The van der Waals surface area contributed by atoms with Gasteiger partial charge in [-0.25, -0.2) is 0 Å². The first-order valence-corrected chi connectivity index (χ1v) is 6.91. The van der Waals surface area contributed by atoms with Gasteiger partial charge in [-0.2, -0.15) is 0 Å². The summed E-state index contributed by atoms with van der Waals surface area (Å²) in [5.41, 5.74) is 11.6. The van der Waals surface area contributed by atoms with E-state index in [-0.39, 0.29) is 17.3 Å². The molecule has 1 amide bonds. The van der Waals surface area contributed by atoms with Gasteiger partial charge in [0.15, 0.2) is 0 Å². The SMILES string of the molecule is CN(Cc1ccc(C(N)=O)cc1[N+](=O)[O-])C(CN)C1CC1. The summed E-state index contributed by atoms with van der Waals surface area (Å²) >= 11 is 0. The number of nitrogens with two attached hydrogens (primary N) is 2. The van der Waals surface area contributed by atoms with Crippen molar-refractivity contribution in [2.24, 2.45) is 17.4 Å². The van der Waals surface area contributed by atoms with Gasteiger partial charge >= 0.3 is 0 Å². The van der Waals surface area contributed by atoms with Crippen LogP contribution in [0.4, 0.5) is 5.69 Å². The zero-order chi connectivity index (χ0) is 15.6. The average Bonchev–Trinajstić information content (AvgIpc) is 3.24. The fourth-order valence-electron chi connectivity index (χ4n) is 2.62. The van der Waals surface area contributed by atoms with Gasteiger partial charge < -0.3 is 11.5 Å². The molecule has 1 atom stereocenters. The Balaban J connectivity index is 2.22. The quantitative estimate of drug-likeness (QED) is 0.571. The Labute approximate surface area is 123 Å². The summed E-state index contributed by atoms with van der Waals surface area (Å²) in [6, 6.07) is 4.59. The molecule has 0 saturated heterocycles. The van der Waals surface area contributed by atoms with E-state index in [1.807, 2.05) is 11.9 Å². The largest absolute Gasteiger partial charge is 0.366 e. The molecular weight excluding hydrogens is 272 g/mol. The number of amides is 1. The Morgan fingerprint density at radius 3 is 2.67 bits per heavy atom. The molecule has 1 aliphatic rings. The number of carbonyl (C=O) groups excluding carboxylic acids is 1. The molecule has 0 radical (unpaired) electrons. The Morgan fingerprint density at radius 2 is 2.19 bits per heavy atom. The van der Waals surface area contributed by atoms with Crippen molar-refractivity contribution in [3.8, 4) is 0 Å². The summed E-state index contributed by atoms with van der Waals surface area (Å²) in [6.07, 6.45) is 2.32. The van der Waals surface area contributed by atoms with Gasteiger partial charge in [-0.3, -0.25) is 19.8 Å². The maximum atomic E-state index is 11.2. The van der Waals surface area contributed by atoms with Gasteiger partial charge in [0.05, 0.1) is 4.92 Å². The summed E-state index contributed by atoms with van der Waals surface area (Å²) in [5, 5.41) is 11.2. The Morgan fingerprint density at radius 1 is 1.52 bits per heavy atom. The fourth-order valence-corrected chi connectivity index (χ4v) is 2.62. The zero-order valence-electron chi connectivity index (χ0n) is 12.0. The molecule has 1 aromatic rings. The number of hydrogen-bond acceptors (Lipinski definition) is 5. The maximum Gasteiger partial charge on any atom is 0.274 e. The third-order valence-corrected chi connectivity index (χ3v) is 3.96. The van der Waals surface area contributed by atoms with Crippen LogP contribution in [0.2, 0.25) is 0 Å². The van der Waals surface area contributed by atoms with E-state index in [0.717, 1.165) is 12.8 Å². The highest BCUT2D eigenvalue weighted by molar-refractivity contribution is 5.93. The lowest BCUT2D eigenvalue weighted by atomic mass is 10.1. The Hall–Kier alpha value is -1.99. The number of primary amides is 1. The van der Waals surface area contributed by atoms with Gasteiger partial charge in [-0.05, 0) is 31.9 Å². The van der Waals surface area contributed by atoms with E-state index in [1.165, 1.54) is 12.1 Å². The van der Waals surface area contributed by atoms with Crippen molar-refractivity contribution in [1.82, 2.24) is 4.90 Å². The Bertz CT molecular complexity index is 557. The lowest BCUT2D eigenvalue weighted by molar-refractivity contribution is -0.385. The first-order valence-electron chi connectivity index (χ1n) is 6.91. The van der Waals surface area contributed by atoms with Crippen LogP contribution in [0.15, 0.2) is 18.2 Å². The van der Waals surface area contributed by atoms with Gasteiger partial charge in [0.2, 0.25) is 5.91 Å². The number of likely N-dealkylation sites (N-methyl/N-ethyl adjacent to an activating group) is 1. The van der Waals surface area contributed by atoms with Crippen LogP contribution in [0.25, 0.3) is 0 Å². The standard InChI is InChI=1S/C14H20N4O3/c1-17(13(7-15)9-2-3-9)8-11-5-4-10(14(16)19)6-12(11)18(20)21/h4-6,9,13H,2-3,7-8,15H2,1H3,(H2,16,19). The molecular formula is C14H20N4O3. The fraction of sp³-hybridized carbons (Fsp3) is 0.500. The van der Waals surface area contributed by atoms with Gasteiger partial charge in [-0.1, -0.05) is 6.07 Å². The van der Waals surface area contributed by atoms with Gasteiger partial charge in [-0.15, -0.1) is 0 Å². The lowest BCUT2D eigenvalue weighted by Crippen LogP contribution is -2.39. The minimum atomic E-state index is -0.671. The van der Waals surface area contributed by atoms with Crippen LogP contribution in [0, 0.1) is 16.0 Å². The number of nitro benzene ring substituents is 1. The normalized spacial score (nSPS) is 16.0. The number of rotatable bonds is 7. The number of nitrogens with zero attached hydrogens (tertiary/aromatic N) is 2. The summed E-state index contributed by atoms with van der Waals surface area (Å²) in [5.74, 6) is -0.0835. The third-order valence-electron chi connectivity index (χ3n) is 3.96. The second kappa shape index (κ2) is 6.19. The van der Waals surface area contributed by atoms with E-state index in [2.05, 4.69) is 0 Å². The van der Waals surface area contributed by atoms with E-state index >= 15 is 0 Å². The molecule has 1 saturated carbocycles. The molecule has 1 fully saturated rings. The van der Waals surface area contributed by atoms with E-state index in [0.29, 0.717) is 24.6 Å². The molecule has 4 N–H and O–H groups in total. The zero-order valence-corrected chi connectivity index (χ0v) is 12.0. The maximum absolute atomic E-state index is 11.2. The van der Waals surface area contributed by atoms with Crippen LogP contribution >= 0.6 is 0 Å². The minimum absolute atomic E-state index is 0.0790. The van der Waals surface area contributed by atoms with Crippen molar-refractivity contribution in [3.05, 3.63) is 39.4 Å². The molecule has 7 nitrogen and oxygen atoms in total. The predicted octanol–water partition coefficient (Wildman–Crippen LogP) is 0.863. The summed E-state index contributed by atoms with van der Waals surface area (Å²) in [7, 11) is 1.92. The average molecular weight is 292 g/mol. The van der Waals surface area contributed by atoms with Crippen molar-refractivity contribution in [1.29, 1.82) is 0 Å². The van der Waals surface area contributed by atoms with Crippen LogP contribution in [-0.2, 0) is 6.54 Å². The topological polar surface area (TPSA) is 115 Å². The minimum Gasteiger partial charge on any atom is -0.366 e. The van der Waals surface area contributed by atoms with E-state index in [1.54, 1.807) is 6.07 Å². The predicted molar refractivity (Wildman–Crippen MR) is 78.6 cm³/mol. The highest BCUT2D eigenvalue weighted by Crippen LogP contribution is 2.35. The molecule has 21 heavy (non-hydrogen) atoms. The van der Waals surface area contributed by atoms with Gasteiger partial charge in [0.1, 0.15) is 0 Å². The van der Waals surface area contributed by atoms with E-state index in [9.17, 15) is 14.9 Å². The summed E-state index contributed by atoms with van der Waals surface area (Å²) in [6.45, 7) is 0.960. The summed E-state index contributed by atoms with van der Waals surface area (Å²) < 4.78 is 0. The first kappa shape index (κ1) is 15.4. The van der Waals surface area contributed by atoms with Crippen LogP contribution in [0.5, 0.6) is 0 Å². The van der Waals surface area contributed by atoms with Crippen molar-refractivity contribution in [2.75, 3.05) is 13.6 Å². The third kappa shape index (κ3) is 3.56. The van der Waals surface area contributed by atoms with Gasteiger partial charge in [0, 0.05) is 36.3 Å². The molecule has 7 heteroatoms. The molecule has 0 bridgehead atoms.